The number of nitrogens with two attached hydrogens (primary N) is 1. The molecule has 0 spiro atoms. The van der Waals surface area contributed by atoms with Gasteiger partial charge in [-0.15, -0.1) is 0 Å². The van der Waals surface area contributed by atoms with Gasteiger partial charge in [-0.25, -0.2) is 14.0 Å². The van der Waals surface area contributed by atoms with Crippen molar-refractivity contribution in [1.29, 1.82) is 0 Å². The first-order valence-corrected chi connectivity index (χ1v) is 5.38. The first kappa shape index (κ1) is 11.7. The number of furan rings is 1. The van der Waals surface area contributed by atoms with Crippen LogP contribution in [0.1, 0.15) is 5.56 Å². The van der Waals surface area contributed by atoms with Crippen LogP contribution in [0.5, 0.6) is 0 Å². The highest BCUT2D eigenvalue weighted by molar-refractivity contribution is 6.31. The number of cyclic esters (lactones) is 2. The van der Waals surface area contributed by atoms with Gasteiger partial charge < -0.3 is 13.9 Å². The van der Waals surface area contributed by atoms with Gasteiger partial charge in [0, 0.05) is 10.9 Å². The lowest BCUT2D eigenvalue weighted by molar-refractivity contribution is -0.175. The molecule has 3 rings (SSSR count). The molecule has 0 bridgehead atoms. The highest BCUT2D eigenvalue weighted by Gasteiger charge is 2.46. The van der Waals surface area contributed by atoms with E-state index in [-0.39, 0.29) is 6.42 Å². The Hall–Kier alpha value is -2.41. The average molecular weight is 265 g/mol. The average Bonchev–Trinajstić information content (AvgIpc) is 2.84. The summed E-state index contributed by atoms with van der Waals surface area (Å²) in [6.45, 7) is 0. The van der Waals surface area contributed by atoms with E-state index in [0.717, 1.165) is 0 Å². The summed E-state index contributed by atoms with van der Waals surface area (Å²) in [5, 5.41) is 0.536. The first-order chi connectivity index (χ1) is 8.97. The highest BCUT2D eigenvalue weighted by atomic mass is 19.1. The fourth-order valence-corrected chi connectivity index (χ4v) is 2.00. The molecule has 19 heavy (non-hydrogen) atoms. The zero-order chi connectivity index (χ0) is 13.6. The Balaban J connectivity index is 2.00. The number of benzene rings is 1. The second-order valence-corrected chi connectivity index (χ2v) is 4.17. The Kier molecular flexibility index (Phi) is 2.33. The van der Waals surface area contributed by atoms with Crippen molar-refractivity contribution in [3.8, 4) is 0 Å². The maximum Gasteiger partial charge on any atom is 0.421 e. The van der Waals surface area contributed by atoms with Crippen LogP contribution in [0.2, 0.25) is 0 Å². The highest BCUT2D eigenvalue weighted by Crippen LogP contribution is 2.27. The van der Waals surface area contributed by atoms with Crippen LogP contribution in [0.15, 0.2) is 28.9 Å². The zero-order valence-electron chi connectivity index (χ0n) is 9.51. The molecule has 1 aliphatic heterocycles. The molecule has 1 fully saturated rings. The summed E-state index contributed by atoms with van der Waals surface area (Å²) in [5.41, 5.74) is 6.36. The van der Waals surface area contributed by atoms with Crippen molar-refractivity contribution in [3.63, 3.8) is 0 Å². The first-order valence-electron chi connectivity index (χ1n) is 5.38. The maximum absolute atomic E-state index is 13.4. The molecule has 1 aromatic carbocycles. The SMILES string of the molecule is NC1(Cc2cc(F)cc3ccoc23)OC(=O)C(=O)O1. The molecule has 2 N–H and O–H groups in total. The number of esters is 2. The molecule has 2 heterocycles. The lowest BCUT2D eigenvalue weighted by Crippen LogP contribution is -2.43. The van der Waals surface area contributed by atoms with E-state index in [1.165, 1.54) is 18.4 Å². The third-order valence-corrected chi connectivity index (χ3v) is 2.73. The third-order valence-electron chi connectivity index (χ3n) is 2.73. The number of carbonyl (C=O) groups excluding carboxylic acids is 2. The van der Waals surface area contributed by atoms with E-state index in [0.29, 0.717) is 16.5 Å². The van der Waals surface area contributed by atoms with Crippen LogP contribution in [-0.4, -0.2) is 17.8 Å². The Bertz CT molecular complexity index is 676. The van der Waals surface area contributed by atoms with Crippen molar-refractivity contribution in [2.75, 3.05) is 0 Å². The Morgan fingerprint density at radius 3 is 2.58 bits per heavy atom. The Labute approximate surface area is 105 Å². The summed E-state index contributed by atoms with van der Waals surface area (Å²) < 4.78 is 27.9. The van der Waals surface area contributed by atoms with Gasteiger partial charge in [0.05, 0.1) is 12.7 Å². The van der Waals surface area contributed by atoms with Crippen LogP contribution in [0.3, 0.4) is 0 Å². The standard InChI is InChI=1S/C12H8FNO5/c13-8-3-6-1-2-17-9(6)7(4-8)5-12(14)18-10(15)11(16)19-12/h1-4H,5,14H2. The molecule has 0 radical (unpaired) electrons. The van der Waals surface area contributed by atoms with Crippen LogP contribution >= 0.6 is 0 Å². The monoisotopic (exact) mass is 265 g/mol. The number of rotatable bonds is 2. The van der Waals surface area contributed by atoms with Gasteiger partial charge in [0.25, 0.3) is 0 Å². The second kappa shape index (κ2) is 3.79. The lowest BCUT2D eigenvalue weighted by Gasteiger charge is -2.19. The van der Waals surface area contributed by atoms with Crippen molar-refractivity contribution in [3.05, 3.63) is 35.8 Å². The minimum absolute atomic E-state index is 0.202. The molecule has 2 aromatic rings. The molecule has 0 aliphatic carbocycles. The van der Waals surface area contributed by atoms with Gasteiger partial charge in [0.15, 0.2) is 0 Å². The van der Waals surface area contributed by atoms with Crippen molar-refractivity contribution in [2.24, 2.45) is 5.73 Å². The number of ether oxygens (including phenoxy) is 2. The van der Waals surface area contributed by atoms with E-state index in [1.807, 2.05) is 0 Å². The summed E-state index contributed by atoms with van der Waals surface area (Å²) in [7, 11) is 0. The molecule has 0 atom stereocenters. The van der Waals surface area contributed by atoms with Crippen LogP contribution in [-0.2, 0) is 25.5 Å². The number of fused-ring (bicyclic) bond motifs is 1. The van der Waals surface area contributed by atoms with Gasteiger partial charge >= 0.3 is 17.8 Å². The molecule has 0 amide bonds. The topological polar surface area (TPSA) is 91.8 Å². The minimum Gasteiger partial charge on any atom is -0.464 e. The van der Waals surface area contributed by atoms with Crippen LogP contribution in [0, 0.1) is 5.82 Å². The van der Waals surface area contributed by atoms with Gasteiger partial charge in [0.1, 0.15) is 11.4 Å². The Morgan fingerprint density at radius 2 is 1.89 bits per heavy atom. The lowest BCUT2D eigenvalue weighted by atomic mass is 10.1. The summed E-state index contributed by atoms with van der Waals surface area (Å²) in [5.74, 6) is -4.77. The second-order valence-electron chi connectivity index (χ2n) is 4.17. The molecule has 6 nitrogen and oxygen atoms in total. The molecule has 0 saturated carbocycles. The molecule has 1 aromatic heterocycles. The number of carbonyl (C=O) groups is 2. The van der Waals surface area contributed by atoms with E-state index in [4.69, 9.17) is 10.2 Å². The van der Waals surface area contributed by atoms with Crippen LogP contribution in [0.4, 0.5) is 4.39 Å². The fourth-order valence-electron chi connectivity index (χ4n) is 2.00. The van der Waals surface area contributed by atoms with E-state index in [1.54, 1.807) is 6.07 Å². The van der Waals surface area contributed by atoms with Crippen molar-refractivity contribution >= 4 is 22.9 Å². The van der Waals surface area contributed by atoms with Gasteiger partial charge in [-0.1, -0.05) is 0 Å². The molecule has 0 unspecified atom stereocenters. The quantitative estimate of drug-likeness (QED) is 0.638. The van der Waals surface area contributed by atoms with Gasteiger partial charge in [-0.05, 0) is 18.2 Å². The fraction of sp³-hybridized carbons (Fsp3) is 0.167. The molecular weight excluding hydrogens is 257 g/mol. The summed E-state index contributed by atoms with van der Waals surface area (Å²) in [6.07, 6.45) is 1.19. The zero-order valence-corrected chi connectivity index (χ0v) is 9.51. The normalized spacial score (nSPS) is 17.6. The van der Waals surface area contributed by atoms with Gasteiger partial charge in [-0.3, -0.25) is 5.73 Å². The van der Waals surface area contributed by atoms with Crippen molar-refractivity contribution in [1.82, 2.24) is 0 Å². The van der Waals surface area contributed by atoms with Crippen LogP contribution in [0.25, 0.3) is 11.0 Å². The third kappa shape index (κ3) is 1.93. The van der Waals surface area contributed by atoms with E-state index >= 15 is 0 Å². The smallest absolute Gasteiger partial charge is 0.421 e. The minimum atomic E-state index is -1.93. The molecule has 98 valence electrons. The predicted molar refractivity (Wildman–Crippen MR) is 59.0 cm³/mol. The summed E-state index contributed by atoms with van der Waals surface area (Å²) >= 11 is 0. The number of hydrogen-bond acceptors (Lipinski definition) is 6. The Morgan fingerprint density at radius 1 is 1.21 bits per heavy atom. The van der Waals surface area contributed by atoms with Crippen molar-refractivity contribution < 1.29 is 27.9 Å². The van der Waals surface area contributed by atoms with E-state index in [2.05, 4.69) is 9.47 Å². The molecule has 7 heteroatoms. The predicted octanol–water partition coefficient (Wildman–Crippen LogP) is 0.827. The van der Waals surface area contributed by atoms with Gasteiger partial charge in [0.2, 0.25) is 0 Å². The van der Waals surface area contributed by atoms with E-state index in [9.17, 15) is 14.0 Å². The van der Waals surface area contributed by atoms with Crippen LogP contribution < -0.4 is 5.73 Å². The van der Waals surface area contributed by atoms with Crippen molar-refractivity contribution in [2.45, 2.75) is 12.3 Å². The summed E-state index contributed by atoms with van der Waals surface area (Å²) in [4.78, 5) is 22.0. The number of halogens is 1. The largest absolute Gasteiger partial charge is 0.464 e. The molecule has 1 saturated heterocycles. The number of hydrogen-bond donors (Lipinski definition) is 1. The van der Waals surface area contributed by atoms with Gasteiger partial charge in [-0.2, -0.15) is 0 Å². The maximum atomic E-state index is 13.4. The summed E-state index contributed by atoms with van der Waals surface area (Å²) in [6, 6.07) is 4.05. The molecule has 1 aliphatic rings. The molecular formula is C12H8FNO5. The van der Waals surface area contributed by atoms with E-state index < -0.39 is 23.7 Å².